The minimum absolute atomic E-state index is 0.693. The maximum atomic E-state index is 6.11. The van der Waals surface area contributed by atoms with Gasteiger partial charge in [-0.1, -0.05) is 41.4 Å². The van der Waals surface area contributed by atoms with Gasteiger partial charge in [-0.3, -0.25) is 0 Å². The molecular formula is C13H7Cl2NS. The van der Waals surface area contributed by atoms with Crippen molar-refractivity contribution in [1.29, 1.82) is 0 Å². The van der Waals surface area contributed by atoms with Gasteiger partial charge in [0.25, 0.3) is 0 Å². The monoisotopic (exact) mass is 279 g/mol. The van der Waals surface area contributed by atoms with Crippen molar-refractivity contribution in [1.82, 2.24) is 4.98 Å². The Morgan fingerprint density at radius 2 is 1.71 bits per heavy atom. The van der Waals surface area contributed by atoms with E-state index in [4.69, 9.17) is 23.2 Å². The molecule has 0 unspecified atom stereocenters. The molecule has 0 bridgehead atoms. The lowest BCUT2D eigenvalue weighted by molar-refractivity contribution is 1.48. The van der Waals surface area contributed by atoms with E-state index in [-0.39, 0.29) is 0 Å². The number of para-hydroxylation sites is 1. The molecule has 0 fully saturated rings. The summed E-state index contributed by atoms with van der Waals surface area (Å²) in [5, 5.41) is 2.39. The van der Waals surface area contributed by atoms with E-state index in [2.05, 4.69) is 4.98 Å². The van der Waals surface area contributed by atoms with Crippen LogP contribution in [0.5, 0.6) is 0 Å². The normalized spacial score (nSPS) is 10.9. The number of nitrogens with zero attached hydrogens (tertiary/aromatic N) is 1. The van der Waals surface area contributed by atoms with E-state index >= 15 is 0 Å². The second-order valence-electron chi connectivity index (χ2n) is 3.61. The fourth-order valence-electron chi connectivity index (χ4n) is 1.63. The molecule has 0 atom stereocenters. The molecule has 3 rings (SSSR count). The third kappa shape index (κ3) is 2.04. The van der Waals surface area contributed by atoms with Crippen molar-refractivity contribution in [2.75, 3.05) is 0 Å². The number of fused-ring (bicyclic) bond motifs is 1. The number of thiazole rings is 1. The predicted octanol–water partition coefficient (Wildman–Crippen LogP) is 5.27. The number of aromatic nitrogens is 1. The summed E-state index contributed by atoms with van der Waals surface area (Å²) in [6.07, 6.45) is 0. The summed E-state index contributed by atoms with van der Waals surface area (Å²) >= 11 is 13.6. The Labute approximate surface area is 113 Å². The third-order valence-electron chi connectivity index (χ3n) is 2.46. The molecule has 2 aromatic carbocycles. The Morgan fingerprint density at radius 1 is 0.941 bits per heavy atom. The molecule has 1 heterocycles. The summed E-state index contributed by atoms with van der Waals surface area (Å²) < 4.78 is 1.10. The van der Waals surface area contributed by atoms with Crippen LogP contribution in [0.25, 0.3) is 20.8 Å². The lowest BCUT2D eigenvalue weighted by Gasteiger charge is -1.94. The predicted molar refractivity (Wildman–Crippen MR) is 75.1 cm³/mol. The lowest BCUT2D eigenvalue weighted by Crippen LogP contribution is -1.75. The zero-order valence-electron chi connectivity index (χ0n) is 8.65. The van der Waals surface area contributed by atoms with Crippen LogP contribution in [-0.4, -0.2) is 4.98 Å². The van der Waals surface area contributed by atoms with Gasteiger partial charge in [0.05, 0.1) is 9.72 Å². The highest BCUT2D eigenvalue weighted by atomic mass is 35.5. The van der Waals surface area contributed by atoms with Crippen LogP contribution in [0, 0.1) is 0 Å². The first-order valence-electron chi connectivity index (χ1n) is 5.05. The van der Waals surface area contributed by atoms with Crippen molar-refractivity contribution >= 4 is 44.8 Å². The minimum Gasteiger partial charge on any atom is -0.234 e. The Morgan fingerprint density at radius 3 is 2.41 bits per heavy atom. The van der Waals surface area contributed by atoms with E-state index in [1.165, 1.54) is 0 Å². The van der Waals surface area contributed by atoms with Crippen molar-refractivity contribution < 1.29 is 0 Å². The Kier molecular flexibility index (Phi) is 2.79. The van der Waals surface area contributed by atoms with Crippen molar-refractivity contribution in [2.45, 2.75) is 0 Å². The molecule has 1 nitrogen and oxygen atoms in total. The first kappa shape index (κ1) is 11.0. The molecule has 0 saturated carbocycles. The van der Waals surface area contributed by atoms with E-state index < -0.39 is 0 Å². The molecule has 0 N–H and O–H groups in total. The molecule has 3 aromatic rings. The molecule has 0 amide bonds. The molecule has 17 heavy (non-hydrogen) atoms. The van der Waals surface area contributed by atoms with E-state index in [0.29, 0.717) is 5.02 Å². The molecule has 84 valence electrons. The van der Waals surface area contributed by atoms with Crippen molar-refractivity contribution in [2.24, 2.45) is 0 Å². The molecule has 0 aliphatic rings. The van der Waals surface area contributed by atoms with Gasteiger partial charge < -0.3 is 0 Å². The SMILES string of the molecule is Clc1ccc(-c2nc3c(Cl)cccc3s2)cc1. The van der Waals surface area contributed by atoms with E-state index in [9.17, 15) is 0 Å². The van der Waals surface area contributed by atoms with E-state index in [0.717, 1.165) is 25.8 Å². The second-order valence-corrected chi connectivity index (χ2v) is 5.49. The fourth-order valence-corrected chi connectivity index (χ4v) is 3.03. The van der Waals surface area contributed by atoms with Gasteiger partial charge in [0.1, 0.15) is 10.5 Å². The highest BCUT2D eigenvalue weighted by Gasteiger charge is 2.08. The van der Waals surface area contributed by atoms with E-state index in [1.54, 1.807) is 11.3 Å². The molecule has 0 saturated heterocycles. The first-order valence-corrected chi connectivity index (χ1v) is 6.62. The highest BCUT2D eigenvalue weighted by Crippen LogP contribution is 2.33. The maximum absolute atomic E-state index is 6.11. The number of benzene rings is 2. The van der Waals surface area contributed by atoms with Crippen LogP contribution >= 0.6 is 34.5 Å². The zero-order valence-corrected chi connectivity index (χ0v) is 11.0. The topological polar surface area (TPSA) is 12.9 Å². The van der Waals surface area contributed by atoms with Crippen LogP contribution in [0.4, 0.5) is 0 Å². The van der Waals surface area contributed by atoms with Crippen LogP contribution in [-0.2, 0) is 0 Å². The second kappa shape index (κ2) is 4.30. The number of hydrogen-bond acceptors (Lipinski definition) is 2. The Bertz CT molecular complexity index is 673. The molecule has 0 spiro atoms. The maximum Gasteiger partial charge on any atom is 0.124 e. The largest absolute Gasteiger partial charge is 0.234 e. The quantitative estimate of drug-likeness (QED) is 0.591. The molecule has 0 aliphatic carbocycles. The summed E-state index contributed by atoms with van der Waals surface area (Å²) in [4.78, 5) is 4.56. The van der Waals surface area contributed by atoms with Gasteiger partial charge in [0, 0.05) is 10.6 Å². The summed E-state index contributed by atoms with van der Waals surface area (Å²) in [6, 6.07) is 13.5. The number of halogens is 2. The standard InChI is InChI=1S/C13H7Cl2NS/c14-9-6-4-8(5-7-9)13-16-12-10(15)2-1-3-11(12)17-13/h1-7H. The van der Waals surface area contributed by atoms with Crippen molar-refractivity contribution in [3.63, 3.8) is 0 Å². The molecule has 0 radical (unpaired) electrons. The third-order valence-corrected chi connectivity index (χ3v) is 4.09. The van der Waals surface area contributed by atoms with Crippen LogP contribution in [0.15, 0.2) is 42.5 Å². The molecule has 1 aromatic heterocycles. The Hall–Kier alpha value is -1.09. The van der Waals surface area contributed by atoms with Crippen LogP contribution in [0.3, 0.4) is 0 Å². The summed E-state index contributed by atoms with van der Waals surface area (Å²) in [5.74, 6) is 0. The van der Waals surface area contributed by atoms with Crippen LogP contribution in [0.1, 0.15) is 0 Å². The minimum atomic E-state index is 0.693. The van der Waals surface area contributed by atoms with Gasteiger partial charge in [-0.2, -0.15) is 0 Å². The molecule has 0 aliphatic heterocycles. The smallest absolute Gasteiger partial charge is 0.124 e. The van der Waals surface area contributed by atoms with Crippen molar-refractivity contribution in [3.05, 3.63) is 52.5 Å². The fraction of sp³-hybridized carbons (Fsp3) is 0. The number of rotatable bonds is 1. The van der Waals surface area contributed by atoms with Gasteiger partial charge in [-0.15, -0.1) is 11.3 Å². The lowest BCUT2D eigenvalue weighted by atomic mass is 10.2. The van der Waals surface area contributed by atoms with Gasteiger partial charge >= 0.3 is 0 Å². The molecular weight excluding hydrogens is 273 g/mol. The zero-order chi connectivity index (χ0) is 11.8. The van der Waals surface area contributed by atoms with Gasteiger partial charge in [-0.25, -0.2) is 4.98 Å². The van der Waals surface area contributed by atoms with Gasteiger partial charge in [0.2, 0.25) is 0 Å². The average Bonchev–Trinajstić information content (AvgIpc) is 2.75. The van der Waals surface area contributed by atoms with Gasteiger partial charge in [0.15, 0.2) is 0 Å². The molecule has 4 heteroatoms. The van der Waals surface area contributed by atoms with Crippen molar-refractivity contribution in [3.8, 4) is 10.6 Å². The average molecular weight is 280 g/mol. The summed E-state index contributed by atoms with van der Waals surface area (Å²) in [7, 11) is 0. The summed E-state index contributed by atoms with van der Waals surface area (Å²) in [5.41, 5.74) is 1.93. The summed E-state index contributed by atoms with van der Waals surface area (Å²) in [6.45, 7) is 0. The van der Waals surface area contributed by atoms with Crippen LogP contribution in [0.2, 0.25) is 10.0 Å². The van der Waals surface area contributed by atoms with Crippen LogP contribution < -0.4 is 0 Å². The number of hydrogen-bond donors (Lipinski definition) is 0. The highest BCUT2D eigenvalue weighted by molar-refractivity contribution is 7.21. The first-order chi connectivity index (χ1) is 8.24. The van der Waals surface area contributed by atoms with Gasteiger partial charge in [-0.05, 0) is 24.3 Å². The Balaban J connectivity index is 2.18. The van der Waals surface area contributed by atoms with E-state index in [1.807, 2.05) is 42.5 Å².